The van der Waals surface area contributed by atoms with Gasteiger partial charge in [0.05, 0.1) is 24.0 Å². The summed E-state index contributed by atoms with van der Waals surface area (Å²) in [6.07, 6.45) is -4.66. The number of carbonyl (C=O) groups excluding carboxylic acids is 1. The molecule has 13 heteroatoms. The number of rotatable bonds is 6. The molecule has 0 aliphatic carbocycles. The third kappa shape index (κ3) is 5.84. The van der Waals surface area contributed by atoms with Crippen LogP contribution in [0.2, 0.25) is 0 Å². The summed E-state index contributed by atoms with van der Waals surface area (Å²) in [5, 5.41) is 22.9. The van der Waals surface area contributed by atoms with Gasteiger partial charge in [-0.15, -0.1) is 13.2 Å². The number of carbonyl (C=O) groups is 1. The average molecular weight is 540 g/mol. The molecule has 1 fully saturated rings. The Morgan fingerprint density at radius 3 is 2.59 bits per heavy atom. The van der Waals surface area contributed by atoms with E-state index in [1.165, 1.54) is 6.07 Å². The van der Waals surface area contributed by atoms with Crippen LogP contribution < -0.4 is 10.1 Å². The normalized spacial score (nSPS) is 16.7. The van der Waals surface area contributed by atoms with E-state index in [2.05, 4.69) is 26.0 Å². The van der Waals surface area contributed by atoms with Gasteiger partial charge in [0.2, 0.25) is 0 Å². The molecule has 0 aromatic heterocycles. The summed E-state index contributed by atoms with van der Waals surface area (Å²) in [4.78, 5) is 12.1. The molecule has 1 heterocycles. The van der Waals surface area contributed by atoms with E-state index in [1.54, 1.807) is 0 Å². The van der Waals surface area contributed by atoms with Crippen LogP contribution in [0.15, 0.2) is 39.7 Å². The van der Waals surface area contributed by atoms with Gasteiger partial charge in [-0.2, -0.15) is 0 Å². The molecule has 0 spiro atoms. The minimum atomic E-state index is -5.12. The number of phenolic OH excluding ortho intramolecular Hbond substituents is 2. The molecule has 1 aliphatic heterocycles. The smallest absolute Gasteiger partial charge is 0.507 e. The number of alkyl halides is 3. The molecule has 1 amide bonds. The lowest BCUT2D eigenvalue weighted by molar-refractivity contribution is -0.274. The molecular weight excluding hydrogens is 523 g/mol. The summed E-state index contributed by atoms with van der Waals surface area (Å²) in [5.41, 5.74) is -1.11. The van der Waals surface area contributed by atoms with Crippen molar-refractivity contribution in [3.8, 4) is 17.2 Å². The van der Waals surface area contributed by atoms with Crippen LogP contribution in [0.25, 0.3) is 0 Å². The van der Waals surface area contributed by atoms with Gasteiger partial charge in [0.15, 0.2) is 9.84 Å². The number of hydrogen-bond donors (Lipinski definition) is 3. The molecule has 1 aliphatic rings. The number of ether oxygens (including phenoxy) is 2. The first-order chi connectivity index (χ1) is 14.9. The molecule has 8 nitrogen and oxygen atoms in total. The van der Waals surface area contributed by atoms with Crippen molar-refractivity contribution in [1.29, 1.82) is 0 Å². The molecule has 2 aromatic rings. The molecule has 1 saturated heterocycles. The number of sulfone groups is 1. The Balaban J connectivity index is 2.02. The molecule has 1 atom stereocenters. The number of amides is 1. The summed E-state index contributed by atoms with van der Waals surface area (Å²) in [7, 11) is -4.34. The standard InChI is InChI=1S/C19H17BrF3NO7S/c20-11-1-2-15(25)16(6-11)32(28,29)9-10-5-13(31-19(21,22)23)7-14(17(10)26)18(27)24-12-3-4-30-8-12/h1-2,5-7,12,25-26H,3-4,8-9H2,(H,24,27)/t12-/m0/s1. The zero-order chi connectivity index (χ0) is 23.7. The SMILES string of the molecule is O=C(N[C@H]1CCOC1)c1cc(OC(F)(F)F)cc(CS(=O)(=O)c2cc(Br)ccc2O)c1O. The summed E-state index contributed by atoms with van der Waals surface area (Å²) in [6, 6.07) is 4.53. The number of halogens is 4. The summed E-state index contributed by atoms with van der Waals surface area (Å²) >= 11 is 3.07. The van der Waals surface area contributed by atoms with Gasteiger partial charge in [0.25, 0.3) is 5.91 Å². The minimum Gasteiger partial charge on any atom is -0.507 e. The molecule has 2 aromatic carbocycles. The second kappa shape index (κ2) is 9.16. The first kappa shape index (κ1) is 24.1. The molecule has 0 unspecified atom stereocenters. The van der Waals surface area contributed by atoms with Gasteiger partial charge in [0, 0.05) is 16.6 Å². The van der Waals surface area contributed by atoms with Gasteiger partial charge in [-0.1, -0.05) is 15.9 Å². The maximum atomic E-state index is 12.8. The Morgan fingerprint density at radius 2 is 1.97 bits per heavy atom. The Morgan fingerprint density at radius 1 is 1.25 bits per heavy atom. The Kier molecular flexibility index (Phi) is 6.91. The lowest BCUT2D eigenvalue weighted by Crippen LogP contribution is -2.35. The van der Waals surface area contributed by atoms with E-state index in [0.717, 1.165) is 12.1 Å². The van der Waals surface area contributed by atoms with Crippen molar-refractivity contribution in [2.45, 2.75) is 29.5 Å². The van der Waals surface area contributed by atoms with Crippen molar-refractivity contribution in [2.75, 3.05) is 13.2 Å². The predicted molar refractivity (Wildman–Crippen MR) is 108 cm³/mol. The fourth-order valence-corrected chi connectivity index (χ4v) is 5.06. The first-order valence-electron chi connectivity index (χ1n) is 9.07. The van der Waals surface area contributed by atoms with Crippen molar-refractivity contribution in [1.82, 2.24) is 5.32 Å². The summed E-state index contributed by atoms with van der Waals surface area (Å²) in [5.74, 6) is -4.23. The highest BCUT2D eigenvalue weighted by Crippen LogP contribution is 2.36. The van der Waals surface area contributed by atoms with E-state index in [9.17, 15) is 36.6 Å². The molecule has 0 bridgehead atoms. The zero-order valence-corrected chi connectivity index (χ0v) is 18.6. The Labute approximate surface area is 189 Å². The van der Waals surface area contributed by atoms with Crippen LogP contribution in [0.5, 0.6) is 17.2 Å². The number of benzene rings is 2. The molecule has 0 saturated carbocycles. The van der Waals surface area contributed by atoms with Crippen LogP contribution in [0.1, 0.15) is 22.3 Å². The number of nitrogens with one attached hydrogen (secondary N) is 1. The zero-order valence-electron chi connectivity index (χ0n) is 16.1. The van der Waals surface area contributed by atoms with Crippen LogP contribution in [0.3, 0.4) is 0 Å². The highest BCUT2D eigenvalue weighted by molar-refractivity contribution is 9.10. The monoisotopic (exact) mass is 539 g/mol. The van der Waals surface area contributed by atoms with E-state index < -0.39 is 67.2 Å². The maximum Gasteiger partial charge on any atom is 0.573 e. The Bertz CT molecular complexity index is 1130. The fraction of sp³-hybridized carbons (Fsp3) is 0.316. The fourth-order valence-electron chi connectivity index (χ4n) is 3.07. The van der Waals surface area contributed by atoms with E-state index in [1.807, 2.05) is 0 Å². The van der Waals surface area contributed by atoms with Crippen LogP contribution in [0, 0.1) is 0 Å². The van der Waals surface area contributed by atoms with Crippen molar-refractivity contribution >= 4 is 31.7 Å². The van der Waals surface area contributed by atoms with Crippen molar-refractivity contribution in [3.05, 3.63) is 45.9 Å². The van der Waals surface area contributed by atoms with Gasteiger partial charge < -0.3 is 25.0 Å². The second-order valence-corrected chi connectivity index (χ2v) is 9.81. The van der Waals surface area contributed by atoms with E-state index in [0.29, 0.717) is 29.6 Å². The van der Waals surface area contributed by atoms with Crippen molar-refractivity contribution in [3.63, 3.8) is 0 Å². The quantitative estimate of drug-likeness (QED) is 0.515. The molecule has 3 N–H and O–H groups in total. The van der Waals surface area contributed by atoms with Crippen LogP contribution >= 0.6 is 15.9 Å². The maximum absolute atomic E-state index is 12.8. The largest absolute Gasteiger partial charge is 0.573 e. The topological polar surface area (TPSA) is 122 Å². The molecule has 32 heavy (non-hydrogen) atoms. The lowest BCUT2D eigenvalue weighted by atomic mass is 10.1. The van der Waals surface area contributed by atoms with Gasteiger partial charge >= 0.3 is 6.36 Å². The number of phenols is 2. The lowest BCUT2D eigenvalue weighted by Gasteiger charge is -2.17. The third-order valence-electron chi connectivity index (χ3n) is 4.51. The summed E-state index contributed by atoms with van der Waals surface area (Å²) < 4.78 is 73.2. The highest BCUT2D eigenvalue weighted by atomic mass is 79.9. The highest BCUT2D eigenvalue weighted by Gasteiger charge is 2.33. The van der Waals surface area contributed by atoms with E-state index >= 15 is 0 Å². The van der Waals surface area contributed by atoms with Crippen LogP contribution in [-0.4, -0.2) is 50.2 Å². The Hall–Kier alpha value is -2.51. The predicted octanol–water partition coefficient (Wildman–Crippen LogP) is 3.25. The van der Waals surface area contributed by atoms with Crippen molar-refractivity contribution < 1.29 is 46.1 Å². The first-order valence-corrected chi connectivity index (χ1v) is 11.5. The third-order valence-corrected chi connectivity index (χ3v) is 6.69. The van der Waals surface area contributed by atoms with Crippen LogP contribution in [-0.2, 0) is 20.3 Å². The molecular formula is C19H17BrF3NO7S. The van der Waals surface area contributed by atoms with Gasteiger partial charge in [-0.05, 0) is 36.8 Å². The second-order valence-electron chi connectivity index (χ2n) is 6.93. The van der Waals surface area contributed by atoms with Gasteiger partial charge in [0.1, 0.15) is 22.1 Å². The van der Waals surface area contributed by atoms with E-state index in [4.69, 9.17) is 4.74 Å². The van der Waals surface area contributed by atoms with E-state index in [-0.39, 0.29) is 6.61 Å². The average Bonchev–Trinajstić information content (AvgIpc) is 3.17. The number of hydrogen-bond acceptors (Lipinski definition) is 7. The molecule has 3 rings (SSSR count). The summed E-state index contributed by atoms with van der Waals surface area (Å²) in [6.45, 7) is 0.572. The van der Waals surface area contributed by atoms with Gasteiger partial charge in [-0.3, -0.25) is 4.79 Å². The minimum absolute atomic E-state index is 0.189. The molecule has 174 valence electrons. The van der Waals surface area contributed by atoms with Gasteiger partial charge in [-0.25, -0.2) is 8.42 Å². The van der Waals surface area contributed by atoms with Crippen molar-refractivity contribution in [2.24, 2.45) is 0 Å². The van der Waals surface area contributed by atoms with Crippen LogP contribution in [0.4, 0.5) is 13.2 Å². The number of aromatic hydroxyl groups is 2. The molecule has 0 radical (unpaired) electrons.